The number of benzene rings is 1. The third kappa shape index (κ3) is 2.96. The molecule has 0 atom stereocenters. The lowest BCUT2D eigenvalue weighted by Crippen LogP contribution is -2.00. The Morgan fingerprint density at radius 1 is 1.22 bits per heavy atom. The Morgan fingerprint density at radius 2 is 1.94 bits per heavy atom. The van der Waals surface area contributed by atoms with Crippen molar-refractivity contribution in [2.75, 3.05) is 0 Å². The van der Waals surface area contributed by atoms with Crippen LogP contribution in [0.15, 0.2) is 30.3 Å². The second-order valence-corrected chi connectivity index (χ2v) is 4.46. The largest absolute Gasteiger partial charge is 0.436 e. The summed E-state index contributed by atoms with van der Waals surface area (Å²) >= 11 is 5.88. The van der Waals surface area contributed by atoms with Crippen LogP contribution in [0, 0.1) is 5.82 Å². The molecular formula is C13H12ClFN2O. The minimum Gasteiger partial charge on any atom is -0.436 e. The molecule has 0 radical (unpaired) electrons. The van der Waals surface area contributed by atoms with Gasteiger partial charge in [-0.15, -0.1) is 0 Å². The molecule has 18 heavy (non-hydrogen) atoms. The molecule has 0 bridgehead atoms. The first kappa shape index (κ1) is 12.8. The third-order valence-corrected chi connectivity index (χ3v) is 2.45. The van der Waals surface area contributed by atoms with Crippen molar-refractivity contribution in [2.24, 2.45) is 0 Å². The molecule has 2 rings (SSSR count). The van der Waals surface area contributed by atoms with E-state index in [4.69, 9.17) is 16.3 Å². The zero-order valence-electron chi connectivity index (χ0n) is 10.0. The van der Waals surface area contributed by atoms with Gasteiger partial charge < -0.3 is 4.74 Å². The molecule has 2 aromatic rings. The van der Waals surface area contributed by atoms with Crippen LogP contribution in [0.3, 0.4) is 0 Å². The van der Waals surface area contributed by atoms with E-state index in [0.717, 1.165) is 0 Å². The summed E-state index contributed by atoms with van der Waals surface area (Å²) in [5.74, 6) is 0.588. The van der Waals surface area contributed by atoms with Crippen molar-refractivity contribution in [2.45, 2.75) is 19.8 Å². The average molecular weight is 267 g/mol. The first-order chi connectivity index (χ1) is 8.56. The summed E-state index contributed by atoms with van der Waals surface area (Å²) in [4.78, 5) is 8.26. The zero-order valence-corrected chi connectivity index (χ0v) is 10.8. The van der Waals surface area contributed by atoms with Gasteiger partial charge in [-0.1, -0.05) is 37.6 Å². The van der Waals surface area contributed by atoms with Gasteiger partial charge in [0.25, 0.3) is 0 Å². The summed E-state index contributed by atoms with van der Waals surface area (Å²) in [5.41, 5.74) is 0. The molecule has 94 valence electrons. The molecular weight excluding hydrogens is 255 g/mol. The van der Waals surface area contributed by atoms with E-state index in [9.17, 15) is 4.39 Å². The lowest BCUT2D eigenvalue weighted by atomic mass is 10.2. The fraction of sp³-hybridized carbons (Fsp3) is 0.231. The quantitative estimate of drug-likeness (QED) is 0.782. The molecule has 0 unspecified atom stereocenters. The van der Waals surface area contributed by atoms with E-state index in [0.29, 0.717) is 5.82 Å². The lowest BCUT2D eigenvalue weighted by Gasteiger charge is -2.09. The van der Waals surface area contributed by atoms with E-state index in [2.05, 4.69) is 9.97 Å². The van der Waals surface area contributed by atoms with Crippen molar-refractivity contribution in [3.05, 3.63) is 47.1 Å². The molecule has 0 saturated heterocycles. The summed E-state index contributed by atoms with van der Waals surface area (Å²) in [5, 5.41) is 0.278. The summed E-state index contributed by atoms with van der Waals surface area (Å²) in [6.45, 7) is 3.89. The molecule has 1 aromatic carbocycles. The van der Waals surface area contributed by atoms with Crippen LogP contribution in [0.2, 0.25) is 5.15 Å². The molecule has 0 saturated carbocycles. The van der Waals surface area contributed by atoms with Crippen LogP contribution >= 0.6 is 11.6 Å². The van der Waals surface area contributed by atoms with Crippen molar-refractivity contribution in [3.63, 3.8) is 0 Å². The van der Waals surface area contributed by atoms with E-state index < -0.39 is 5.82 Å². The van der Waals surface area contributed by atoms with Crippen LogP contribution in [0.4, 0.5) is 4.39 Å². The van der Waals surface area contributed by atoms with Crippen molar-refractivity contribution >= 4 is 11.6 Å². The van der Waals surface area contributed by atoms with E-state index in [1.54, 1.807) is 12.1 Å². The summed E-state index contributed by atoms with van der Waals surface area (Å²) in [6.07, 6.45) is 0. The third-order valence-electron chi connectivity index (χ3n) is 2.26. The Hall–Kier alpha value is -1.68. The van der Waals surface area contributed by atoms with Crippen LogP contribution in [0.1, 0.15) is 25.6 Å². The number of hydrogen-bond acceptors (Lipinski definition) is 3. The first-order valence-corrected chi connectivity index (χ1v) is 5.91. The molecule has 0 aliphatic heterocycles. The summed E-state index contributed by atoms with van der Waals surface area (Å²) in [7, 11) is 0. The minimum atomic E-state index is -0.446. The molecule has 3 nitrogen and oxygen atoms in total. The van der Waals surface area contributed by atoms with Gasteiger partial charge in [-0.2, -0.15) is 4.98 Å². The van der Waals surface area contributed by atoms with Gasteiger partial charge in [0.15, 0.2) is 11.6 Å². The number of nitrogens with zero attached hydrogens (tertiary/aromatic N) is 2. The smallest absolute Gasteiger partial charge is 0.224 e. The maximum atomic E-state index is 13.4. The van der Waals surface area contributed by atoms with E-state index in [1.807, 2.05) is 13.8 Å². The van der Waals surface area contributed by atoms with Gasteiger partial charge in [-0.3, -0.25) is 0 Å². The van der Waals surface area contributed by atoms with Gasteiger partial charge in [-0.25, -0.2) is 9.37 Å². The van der Waals surface area contributed by atoms with Crippen molar-refractivity contribution < 1.29 is 9.13 Å². The Labute approximate surface area is 110 Å². The number of ether oxygens (including phenoxy) is 1. The molecule has 0 aliphatic rings. The second kappa shape index (κ2) is 5.31. The van der Waals surface area contributed by atoms with Crippen LogP contribution < -0.4 is 4.74 Å². The summed E-state index contributed by atoms with van der Waals surface area (Å²) in [6, 6.07) is 7.58. The molecule has 0 N–H and O–H groups in total. The Balaban J connectivity index is 2.32. The van der Waals surface area contributed by atoms with Gasteiger partial charge in [0.1, 0.15) is 11.0 Å². The van der Waals surface area contributed by atoms with E-state index >= 15 is 0 Å². The Kier molecular flexibility index (Phi) is 3.77. The molecule has 0 amide bonds. The number of hydrogen-bond donors (Lipinski definition) is 0. The molecule has 1 heterocycles. The molecule has 0 aliphatic carbocycles. The maximum Gasteiger partial charge on any atom is 0.224 e. The monoisotopic (exact) mass is 266 g/mol. The van der Waals surface area contributed by atoms with Gasteiger partial charge in [0.2, 0.25) is 5.88 Å². The topological polar surface area (TPSA) is 35.0 Å². The lowest BCUT2D eigenvalue weighted by molar-refractivity contribution is 0.423. The fourth-order valence-electron chi connectivity index (χ4n) is 1.36. The van der Waals surface area contributed by atoms with Gasteiger partial charge in [0.05, 0.1) is 0 Å². The molecule has 1 aromatic heterocycles. The fourth-order valence-corrected chi connectivity index (χ4v) is 1.54. The van der Waals surface area contributed by atoms with Gasteiger partial charge >= 0.3 is 0 Å². The number of halogens is 2. The normalized spacial score (nSPS) is 10.7. The SMILES string of the molecule is CC(C)c1nc(Cl)cc(Oc2ccccc2F)n1. The summed E-state index contributed by atoms with van der Waals surface area (Å²) < 4.78 is 18.8. The van der Waals surface area contributed by atoms with Gasteiger partial charge in [-0.05, 0) is 12.1 Å². The minimum absolute atomic E-state index is 0.113. The average Bonchev–Trinajstić information content (AvgIpc) is 2.31. The Morgan fingerprint density at radius 3 is 2.61 bits per heavy atom. The van der Waals surface area contributed by atoms with Crippen LogP contribution in [0.5, 0.6) is 11.6 Å². The predicted molar refractivity (Wildman–Crippen MR) is 67.6 cm³/mol. The highest BCUT2D eigenvalue weighted by molar-refractivity contribution is 6.29. The second-order valence-electron chi connectivity index (χ2n) is 4.07. The van der Waals surface area contributed by atoms with Crippen LogP contribution in [0.25, 0.3) is 0 Å². The maximum absolute atomic E-state index is 13.4. The van der Waals surface area contributed by atoms with Crippen molar-refractivity contribution in [1.82, 2.24) is 9.97 Å². The molecule has 0 spiro atoms. The van der Waals surface area contributed by atoms with Crippen molar-refractivity contribution in [1.29, 1.82) is 0 Å². The van der Waals surface area contributed by atoms with E-state index in [-0.39, 0.29) is 22.7 Å². The first-order valence-electron chi connectivity index (χ1n) is 5.53. The van der Waals surface area contributed by atoms with E-state index in [1.165, 1.54) is 18.2 Å². The predicted octanol–water partition coefficient (Wildman–Crippen LogP) is 4.18. The van der Waals surface area contributed by atoms with Crippen LogP contribution in [-0.4, -0.2) is 9.97 Å². The van der Waals surface area contributed by atoms with Crippen molar-refractivity contribution in [3.8, 4) is 11.6 Å². The zero-order chi connectivity index (χ0) is 13.1. The van der Waals surface area contributed by atoms with Crippen LogP contribution in [-0.2, 0) is 0 Å². The van der Waals surface area contributed by atoms with Gasteiger partial charge in [0, 0.05) is 12.0 Å². The molecule has 5 heteroatoms. The number of para-hydroxylation sites is 1. The number of aromatic nitrogens is 2. The Bertz CT molecular complexity index is 560. The highest BCUT2D eigenvalue weighted by atomic mass is 35.5. The highest BCUT2D eigenvalue weighted by Gasteiger charge is 2.10. The number of rotatable bonds is 3. The highest BCUT2D eigenvalue weighted by Crippen LogP contribution is 2.25. The standard InChI is InChI=1S/C13H12ClFN2O/c1-8(2)13-16-11(14)7-12(17-13)18-10-6-4-3-5-9(10)15/h3-8H,1-2H3. The molecule has 0 fully saturated rings.